The number of piperidine rings is 1. The van der Waals surface area contributed by atoms with Crippen LogP contribution < -0.4 is 15.5 Å². The van der Waals surface area contributed by atoms with Crippen LogP contribution in [0.15, 0.2) is 42.5 Å². The normalized spacial score (nSPS) is 16.4. The molecule has 198 valence electrons. The number of amides is 4. The van der Waals surface area contributed by atoms with Gasteiger partial charge in [0.05, 0.1) is 11.3 Å². The lowest BCUT2D eigenvalue weighted by Crippen LogP contribution is -2.39. The minimum absolute atomic E-state index is 0.0336. The molecule has 0 spiro atoms. The first-order chi connectivity index (χ1) is 17.8. The molecule has 2 heterocycles. The molecule has 0 radical (unpaired) electrons. The third-order valence-corrected chi connectivity index (χ3v) is 6.90. The maximum Gasteiger partial charge on any atom is 0.321 e. The van der Waals surface area contributed by atoms with Crippen LogP contribution in [0.3, 0.4) is 0 Å². The second kappa shape index (κ2) is 12.1. The molecule has 0 aliphatic carbocycles. The Bertz CT molecular complexity index is 1130. The van der Waals surface area contributed by atoms with Crippen molar-refractivity contribution in [2.45, 2.75) is 39.5 Å². The van der Waals surface area contributed by atoms with Gasteiger partial charge < -0.3 is 25.3 Å². The van der Waals surface area contributed by atoms with Gasteiger partial charge in [-0.1, -0.05) is 26.0 Å². The number of para-hydroxylation sites is 1. The second-order valence-electron chi connectivity index (χ2n) is 9.97. The Hall–Kier alpha value is -3.62. The Labute approximate surface area is 217 Å². The molecule has 2 aliphatic rings. The third-order valence-electron chi connectivity index (χ3n) is 6.90. The van der Waals surface area contributed by atoms with Crippen molar-refractivity contribution in [2.24, 2.45) is 5.92 Å². The van der Waals surface area contributed by atoms with Crippen molar-refractivity contribution >= 4 is 34.9 Å². The largest absolute Gasteiger partial charge is 0.369 e. The number of anilines is 3. The number of hydrogen-bond donors (Lipinski definition) is 2. The van der Waals surface area contributed by atoms with Crippen molar-refractivity contribution < 1.29 is 18.8 Å². The summed E-state index contributed by atoms with van der Waals surface area (Å²) in [6.07, 6.45) is 3.80. The molecule has 0 aromatic heterocycles. The van der Waals surface area contributed by atoms with E-state index < -0.39 is 5.82 Å². The molecule has 2 aromatic rings. The first-order valence-electron chi connectivity index (χ1n) is 13.1. The number of rotatable bonds is 5. The Morgan fingerprint density at radius 1 is 0.811 bits per heavy atom. The number of nitrogens with one attached hydrogen (secondary N) is 2. The number of halogens is 1. The van der Waals surface area contributed by atoms with Crippen molar-refractivity contribution in [3.63, 3.8) is 0 Å². The monoisotopic (exact) mass is 509 g/mol. The zero-order valence-corrected chi connectivity index (χ0v) is 21.6. The van der Waals surface area contributed by atoms with Crippen LogP contribution in [-0.4, -0.2) is 66.9 Å². The predicted molar refractivity (Wildman–Crippen MR) is 143 cm³/mol. The van der Waals surface area contributed by atoms with Crippen molar-refractivity contribution in [2.75, 3.05) is 54.8 Å². The van der Waals surface area contributed by atoms with Gasteiger partial charge in [-0.05, 0) is 56.0 Å². The second-order valence-corrected chi connectivity index (χ2v) is 9.97. The summed E-state index contributed by atoms with van der Waals surface area (Å²) < 4.78 is 14.0. The van der Waals surface area contributed by atoms with Gasteiger partial charge in [0.1, 0.15) is 5.82 Å². The zero-order valence-electron chi connectivity index (χ0n) is 21.6. The van der Waals surface area contributed by atoms with Gasteiger partial charge in [0, 0.05) is 56.6 Å². The average molecular weight is 510 g/mol. The van der Waals surface area contributed by atoms with Gasteiger partial charge in [-0.3, -0.25) is 9.59 Å². The highest BCUT2D eigenvalue weighted by Crippen LogP contribution is 2.28. The summed E-state index contributed by atoms with van der Waals surface area (Å²) in [5.74, 6) is -0.782. The molecule has 2 aliphatic heterocycles. The van der Waals surface area contributed by atoms with Gasteiger partial charge in [-0.2, -0.15) is 0 Å². The molecule has 0 bridgehead atoms. The molecule has 2 N–H and O–H groups in total. The summed E-state index contributed by atoms with van der Waals surface area (Å²) in [6, 6.07) is 11.3. The Morgan fingerprint density at radius 2 is 1.54 bits per heavy atom. The SMILES string of the molecule is CC(C)C(=O)Nc1ccc(N2CCCN(C(=O)Nc3ccccc3F)CC2)c(C(=O)N2CCCCC2)c1. The van der Waals surface area contributed by atoms with Gasteiger partial charge in [0.15, 0.2) is 0 Å². The maximum absolute atomic E-state index is 14.0. The van der Waals surface area contributed by atoms with E-state index in [2.05, 4.69) is 15.5 Å². The first kappa shape index (κ1) is 26.4. The van der Waals surface area contributed by atoms with Gasteiger partial charge >= 0.3 is 6.03 Å². The molecule has 8 nitrogen and oxygen atoms in total. The van der Waals surface area contributed by atoms with Crippen LogP contribution >= 0.6 is 0 Å². The fraction of sp³-hybridized carbons (Fsp3) is 0.464. The number of urea groups is 1. The minimum Gasteiger partial charge on any atom is -0.369 e. The zero-order chi connectivity index (χ0) is 26.4. The Morgan fingerprint density at radius 3 is 2.27 bits per heavy atom. The standard InChI is InChI=1S/C28H36FN5O3/c1-20(2)26(35)30-21-11-12-25(22(19-21)27(36)33-13-6-3-7-14-33)32-15-8-16-34(18-17-32)28(37)31-24-10-5-4-9-23(24)29/h4-5,9-12,19-20H,3,6-8,13-18H2,1-2H3,(H,30,35)(H,31,37). The van der Waals surface area contributed by atoms with Crippen LogP contribution in [0, 0.1) is 11.7 Å². The molecule has 2 saturated heterocycles. The van der Waals surface area contributed by atoms with E-state index >= 15 is 0 Å². The van der Waals surface area contributed by atoms with Gasteiger partial charge in [0.2, 0.25) is 5.91 Å². The lowest BCUT2D eigenvalue weighted by molar-refractivity contribution is -0.118. The molecule has 0 unspecified atom stereocenters. The van der Waals surface area contributed by atoms with E-state index in [1.54, 1.807) is 23.1 Å². The van der Waals surface area contributed by atoms with Crippen LogP contribution in [0.25, 0.3) is 0 Å². The summed E-state index contributed by atoms with van der Waals surface area (Å²) in [7, 11) is 0. The van der Waals surface area contributed by atoms with Crippen molar-refractivity contribution in [1.82, 2.24) is 9.80 Å². The molecular formula is C28H36FN5O3. The van der Waals surface area contributed by atoms with E-state index in [-0.39, 0.29) is 29.5 Å². The number of likely N-dealkylation sites (tertiary alicyclic amines) is 1. The fourth-order valence-corrected chi connectivity index (χ4v) is 4.73. The summed E-state index contributed by atoms with van der Waals surface area (Å²) >= 11 is 0. The van der Waals surface area contributed by atoms with Gasteiger partial charge in [0.25, 0.3) is 5.91 Å². The fourth-order valence-electron chi connectivity index (χ4n) is 4.73. The number of carbonyl (C=O) groups excluding carboxylic acids is 3. The number of benzene rings is 2. The van der Waals surface area contributed by atoms with E-state index in [0.29, 0.717) is 43.9 Å². The Balaban J connectivity index is 1.52. The van der Waals surface area contributed by atoms with Gasteiger partial charge in [-0.25, -0.2) is 9.18 Å². The topological polar surface area (TPSA) is 85.0 Å². The highest BCUT2D eigenvalue weighted by Gasteiger charge is 2.26. The van der Waals surface area contributed by atoms with E-state index in [9.17, 15) is 18.8 Å². The third kappa shape index (κ3) is 6.58. The lowest BCUT2D eigenvalue weighted by Gasteiger charge is -2.30. The van der Waals surface area contributed by atoms with Gasteiger partial charge in [-0.15, -0.1) is 0 Å². The summed E-state index contributed by atoms with van der Waals surface area (Å²) in [5, 5.41) is 5.57. The van der Waals surface area contributed by atoms with Crippen LogP contribution in [0.5, 0.6) is 0 Å². The summed E-state index contributed by atoms with van der Waals surface area (Å²) in [4.78, 5) is 44.4. The maximum atomic E-state index is 14.0. The lowest BCUT2D eigenvalue weighted by atomic mass is 10.1. The molecule has 0 atom stereocenters. The molecule has 2 aromatic carbocycles. The Kier molecular flexibility index (Phi) is 8.63. The van der Waals surface area contributed by atoms with Crippen LogP contribution in [0.1, 0.15) is 49.9 Å². The summed E-state index contributed by atoms with van der Waals surface area (Å²) in [6.45, 7) is 7.27. The number of hydrogen-bond acceptors (Lipinski definition) is 4. The molecule has 4 rings (SSSR count). The van der Waals surface area contributed by atoms with Crippen molar-refractivity contribution in [1.29, 1.82) is 0 Å². The highest BCUT2D eigenvalue weighted by molar-refractivity contribution is 6.02. The molecule has 4 amide bonds. The van der Waals surface area contributed by atoms with Crippen molar-refractivity contribution in [3.05, 3.63) is 53.8 Å². The quantitative estimate of drug-likeness (QED) is 0.607. The van der Waals surface area contributed by atoms with Crippen LogP contribution in [0.4, 0.5) is 26.2 Å². The number of carbonyl (C=O) groups is 3. The molecule has 9 heteroatoms. The van der Waals surface area contributed by atoms with Crippen LogP contribution in [-0.2, 0) is 4.79 Å². The molecule has 37 heavy (non-hydrogen) atoms. The molecule has 2 fully saturated rings. The average Bonchev–Trinajstić information content (AvgIpc) is 3.16. The predicted octanol–water partition coefficient (Wildman–Crippen LogP) is 4.79. The van der Waals surface area contributed by atoms with E-state index in [4.69, 9.17) is 0 Å². The molecular weight excluding hydrogens is 473 g/mol. The van der Waals surface area contributed by atoms with E-state index in [0.717, 1.165) is 38.0 Å². The van der Waals surface area contributed by atoms with Crippen molar-refractivity contribution in [3.8, 4) is 0 Å². The van der Waals surface area contributed by atoms with E-state index in [1.165, 1.54) is 12.1 Å². The molecule has 0 saturated carbocycles. The number of nitrogens with zero attached hydrogens (tertiary/aromatic N) is 3. The first-order valence-corrected chi connectivity index (χ1v) is 13.1. The smallest absolute Gasteiger partial charge is 0.321 e. The minimum atomic E-state index is -0.474. The summed E-state index contributed by atoms with van der Waals surface area (Å²) in [5.41, 5.74) is 2.12. The van der Waals surface area contributed by atoms with Crippen LogP contribution in [0.2, 0.25) is 0 Å². The highest BCUT2D eigenvalue weighted by atomic mass is 19.1. The van der Waals surface area contributed by atoms with E-state index in [1.807, 2.05) is 30.9 Å².